The van der Waals surface area contributed by atoms with Crippen LogP contribution in [0.15, 0.2) is 53.5 Å². The number of guanidine groups is 1. The minimum Gasteiger partial charge on any atom is -0.479 e. The zero-order valence-electron chi connectivity index (χ0n) is 15.9. The zero-order chi connectivity index (χ0) is 21.0. The maximum atomic E-state index is 12.6. The Bertz CT molecular complexity index is 910. The highest BCUT2D eigenvalue weighted by Gasteiger charge is 2.44. The molecule has 0 heterocycles. The minimum atomic E-state index is -2.16. The molecule has 0 saturated carbocycles. The molecule has 0 fully saturated rings. The molecule has 0 aliphatic heterocycles. The highest BCUT2D eigenvalue weighted by atomic mass is 16.5. The number of hydrogen-bond acceptors (Lipinski definition) is 5. The molecule has 3 rings (SSSR count). The summed E-state index contributed by atoms with van der Waals surface area (Å²) in [6, 6.07) is 15.8. The van der Waals surface area contributed by atoms with Gasteiger partial charge in [-0.2, -0.15) is 0 Å². The SMILES string of the molecule is NC(N)=NCCC[C@@](N)(C(=O)O)C(=O)OCC1c2ccccc2-c2ccccc21. The van der Waals surface area contributed by atoms with Crippen LogP contribution in [-0.2, 0) is 14.3 Å². The van der Waals surface area contributed by atoms with Crippen LogP contribution in [0.3, 0.4) is 0 Å². The topological polar surface area (TPSA) is 154 Å². The molecule has 0 radical (unpaired) electrons. The van der Waals surface area contributed by atoms with E-state index in [9.17, 15) is 14.7 Å². The molecule has 0 aromatic heterocycles. The molecule has 0 bridgehead atoms. The van der Waals surface area contributed by atoms with Crippen LogP contribution in [0.2, 0.25) is 0 Å². The number of carboxylic acids is 1. The third kappa shape index (κ3) is 4.07. The number of esters is 1. The fraction of sp³-hybridized carbons (Fsp3) is 0.286. The number of nitrogens with two attached hydrogens (primary N) is 3. The molecule has 1 aliphatic rings. The van der Waals surface area contributed by atoms with Crippen molar-refractivity contribution in [2.45, 2.75) is 24.3 Å². The predicted molar refractivity (Wildman–Crippen MR) is 109 cm³/mol. The molecule has 0 unspecified atom stereocenters. The summed E-state index contributed by atoms with van der Waals surface area (Å²) in [4.78, 5) is 28.1. The van der Waals surface area contributed by atoms with E-state index in [4.69, 9.17) is 21.9 Å². The number of carboxylic acid groups (broad SMARTS) is 1. The Hall–Kier alpha value is -3.39. The van der Waals surface area contributed by atoms with Gasteiger partial charge in [0, 0.05) is 12.5 Å². The summed E-state index contributed by atoms with van der Waals surface area (Å²) in [6.07, 6.45) is 0.0840. The minimum absolute atomic E-state index is 0.00694. The van der Waals surface area contributed by atoms with Gasteiger partial charge in [-0.1, -0.05) is 48.5 Å². The van der Waals surface area contributed by atoms with Crippen molar-refractivity contribution in [3.05, 3.63) is 59.7 Å². The fourth-order valence-electron chi connectivity index (χ4n) is 3.59. The lowest BCUT2D eigenvalue weighted by Gasteiger charge is -2.24. The molecule has 2 aromatic carbocycles. The largest absolute Gasteiger partial charge is 0.479 e. The maximum Gasteiger partial charge on any atom is 0.337 e. The standard InChI is InChI=1S/C21H24N4O4/c22-20(23)25-11-5-10-21(24,18(26)27)19(28)29-12-17-15-8-3-1-6-13(15)14-7-2-4-9-16(14)17/h1-4,6-9,17H,5,10-12,24H2,(H,26,27)(H4,22,23,25)/t21-/m1/s1. The first-order valence-electron chi connectivity index (χ1n) is 9.27. The van der Waals surface area contributed by atoms with Crippen LogP contribution in [0.4, 0.5) is 0 Å². The van der Waals surface area contributed by atoms with Gasteiger partial charge in [0.05, 0.1) is 0 Å². The van der Waals surface area contributed by atoms with E-state index in [1.165, 1.54) is 0 Å². The predicted octanol–water partition coefficient (Wildman–Crippen LogP) is 1.18. The average molecular weight is 396 g/mol. The van der Waals surface area contributed by atoms with E-state index >= 15 is 0 Å². The lowest BCUT2D eigenvalue weighted by Crippen LogP contribution is -2.56. The lowest BCUT2D eigenvalue weighted by molar-refractivity contribution is -0.161. The molecule has 8 heteroatoms. The smallest absolute Gasteiger partial charge is 0.337 e. The molecule has 1 atom stereocenters. The van der Waals surface area contributed by atoms with Gasteiger partial charge < -0.3 is 27.0 Å². The highest BCUT2D eigenvalue weighted by molar-refractivity contribution is 6.03. The summed E-state index contributed by atoms with van der Waals surface area (Å²) in [6.45, 7) is 0.179. The number of carbonyl (C=O) groups excluding carboxylic acids is 1. The third-order valence-electron chi connectivity index (χ3n) is 5.11. The molecule has 0 amide bonds. The molecule has 2 aromatic rings. The van der Waals surface area contributed by atoms with E-state index in [0.29, 0.717) is 0 Å². The van der Waals surface area contributed by atoms with E-state index in [0.717, 1.165) is 22.3 Å². The Morgan fingerprint density at radius 3 is 2.10 bits per heavy atom. The number of carbonyl (C=O) groups is 2. The zero-order valence-corrected chi connectivity index (χ0v) is 15.9. The number of nitrogens with zero attached hydrogens (tertiary/aromatic N) is 1. The summed E-state index contributed by atoms with van der Waals surface area (Å²) in [5.74, 6) is -2.70. The van der Waals surface area contributed by atoms with Crippen molar-refractivity contribution in [3.8, 4) is 11.1 Å². The first kappa shape index (κ1) is 20.3. The molecular formula is C21H24N4O4. The molecule has 8 nitrogen and oxygen atoms in total. The summed E-state index contributed by atoms with van der Waals surface area (Å²) < 4.78 is 5.41. The van der Waals surface area contributed by atoms with Gasteiger partial charge in [0.25, 0.3) is 0 Å². The van der Waals surface area contributed by atoms with E-state index < -0.39 is 17.5 Å². The first-order valence-corrected chi connectivity index (χ1v) is 9.27. The maximum absolute atomic E-state index is 12.6. The van der Waals surface area contributed by atoms with Gasteiger partial charge in [0.15, 0.2) is 5.96 Å². The third-order valence-corrected chi connectivity index (χ3v) is 5.11. The van der Waals surface area contributed by atoms with Crippen LogP contribution in [0.1, 0.15) is 29.9 Å². The quantitative estimate of drug-likeness (QED) is 0.172. The Morgan fingerprint density at radius 1 is 1.03 bits per heavy atom. The fourth-order valence-corrected chi connectivity index (χ4v) is 3.59. The molecule has 29 heavy (non-hydrogen) atoms. The van der Waals surface area contributed by atoms with Crippen LogP contribution in [-0.4, -0.2) is 41.7 Å². The molecular weight excluding hydrogens is 372 g/mol. The Morgan fingerprint density at radius 2 is 1.59 bits per heavy atom. The Kier molecular flexibility index (Phi) is 5.84. The summed E-state index contributed by atoms with van der Waals surface area (Å²) in [5, 5.41) is 9.51. The molecule has 152 valence electrons. The van der Waals surface area contributed by atoms with Gasteiger partial charge in [-0.3, -0.25) is 4.99 Å². The second-order valence-electron chi connectivity index (χ2n) is 7.01. The van der Waals surface area contributed by atoms with Crippen molar-refractivity contribution < 1.29 is 19.4 Å². The van der Waals surface area contributed by atoms with Gasteiger partial charge in [-0.15, -0.1) is 0 Å². The second-order valence-corrected chi connectivity index (χ2v) is 7.01. The van der Waals surface area contributed by atoms with E-state index in [1.807, 2.05) is 48.5 Å². The van der Waals surface area contributed by atoms with Crippen molar-refractivity contribution >= 4 is 17.9 Å². The number of ether oxygens (including phenoxy) is 1. The molecule has 0 saturated heterocycles. The molecule has 1 aliphatic carbocycles. The van der Waals surface area contributed by atoms with Gasteiger partial charge in [0.1, 0.15) is 6.61 Å². The monoisotopic (exact) mass is 396 g/mol. The number of rotatable bonds is 8. The van der Waals surface area contributed by atoms with Gasteiger partial charge in [-0.25, -0.2) is 9.59 Å². The van der Waals surface area contributed by atoms with Crippen molar-refractivity contribution in [2.24, 2.45) is 22.2 Å². The summed E-state index contributed by atoms with van der Waals surface area (Å²) in [7, 11) is 0. The van der Waals surface area contributed by atoms with Gasteiger partial charge in [-0.05, 0) is 35.1 Å². The second kappa shape index (κ2) is 8.32. The highest BCUT2D eigenvalue weighted by Crippen LogP contribution is 2.44. The van der Waals surface area contributed by atoms with Crippen LogP contribution in [0, 0.1) is 0 Å². The Labute approximate surface area is 168 Å². The van der Waals surface area contributed by atoms with Crippen LogP contribution >= 0.6 is 0 Å². The number of aliphatic imine (C=N–C) groups is 1. The Balaban J connectivity index is 1.73. The first-order chi connectivity index (χ1) is 13.8. The van der Waals surface area contributed by atoms with Crippen LogP contribution < -0.4 is 17.2 Å². The van der Waals surface area contributed by atoms with Crippen molar-refractivity contribution in [1.29, 1.82) is 0 Å². The van der Waals surface area contributed by atoms with Gasteiger partial charge in [0.2, 0.25) is 5.54 Å². The van der Waals surface area contributed by atoms with Crippen molar-refractivity contribution in [3.63, 3.8) is 0 Å². The summed E-state index contributed by atoms with van der Waals surface area (Å²) >= 11 is 0. The van der Waals surface area contributed by atoms with Crippen LogP contribution in [0.25, 0.3) is 11.1 Å². The van der Waals surface area contributed by atoms with E-state index in [1.54, 1.807) is 0 Å². The van der Waals surface area contributed by atoms with Crippen molar-refractivity contribution in [1.82, 2.24) is 0 Å². The van der Waals surface area contributed by atoms with Crippen molar-refractivity contribution in [2.75, 3.05) is 13.2 Å². The normalized spacial score (nSPS) is 14.4. The summed E-state index contributed by atoms with van der Waals surface area (Å²) in [5.41, 5.74) is 18.5. The molecule has 7 N–H and O–H groups in total. The van der Waals surface area contributed by atoms with E-state index in [2.05, 4.69) is 4.99 Å². The average Bonchev–Trinajstić information content (AvgIpc) is 3.03. The number of fused-ring (bicyclic) bond motifs is 3. The number of hydrogen-bond donors (Lipinski definition) is 4. The number of aliphatic carboxylic acids is 1. The lowest BCUT2D eigenvalue weighted by atomic mass is 9.94. The number of benzene rings is 2. The van der Waals surface area contributed by atoms with Crippen LogP contribution in [0.5, 0.6) is 0 Å². The van der Waals surface area contributed by atoms with Gasteiger partial charge >= 0.3 is 11.9 Å². The molecule has 0 spiro atoms. The van der Waals surface area contributed by atoms with E-state index in [-0.39, 0.29) is 37.9 Å².